The Balaban J connectivity index is 2.40. The predicted octanol–water partition coefficient (Wildman–Crippen LogP) is 3.97. The Bertz CT molecular complexity index is 376. The molecule has 0 atom stereocenters. The van der Waals surface area contributed by atoms with Crippen molar-refractivity contribution in [3.05, 3.63) is 35.5 Å². The molecule has 2 aliphatic carbocycles. The molecule has 0 unspecified atom stereocenters. The van der Waals surface area contributed by atoms with Crippen LogP contribution in [-0.2, 0) is 4.79 Å². The van der Waals surface area contributed by atoms with Gasteiger partial charge in [-0.1, -0.05) is 36.6 Å². The Morgan fingerprint density at radius 2 is 2.06 bits per heavy atom. The standard InChI is InChI=1S/C15H20O/c1-3-7-13(16)14-12(2)8-6-11-15(14)9-4-5-10-15/h3,6-7,11H,4-5,8-10H2,1-2H3. The van der Waals surface area contributed by atoms with E-state index in [-0.39, 0.29) is 11.2 Å². The van der Waals surface area contributed by atoms with E-state index in [0.29, 0.717) is 0 Å². The molecule has 86 valence electrons. The monoisotopic (exact) mass is 216 g/mol. The molecule has 16 heavy (non-hydrogen) atoms. The van der Waals surface area contributed by atoms with E-state index in [1.54, 1.807) is 6.08 Å². The third kappa shape index (κ3) is 1.79. The zero-order valence-electron chi connectivity index (χ0n) is 10.3. The van der Waals surface area contributed by atoms with Gasteiger partial charge in [0.25, 0.3) is 0 Å². The highest BCUT2D eigenvalue weighted by atomic mass is 16.1. The maximum atomic E-state index is 12.2. The zero-order chi connectivity index (χ0) is 11.6. The summed E-state index contributed by atoms with van der Waals surface area (Å²) in [6.45, 7) is 4.02. The molecule has 0 N–H and O–H groups in total. The van der Waals surface area contributed by atoms with Crippen LogP contribution < -0.4 is 0 Å². The van der Waals surface area contributed by atoms with Gasteiger partial charge in [0.05, 0.1) is 0 Å². The van der Waals surface area contributed by atoms with E-state index >= 15 is 0 Å². The Morgan fingerprint density at radius 3 is 2.69 bits per heavy atom. The van der Waals surface area contributed by atoms with Crippen LogP contribution in [-0.4, -0.2) is 5.78 Å². The van der Waals surface area contributed by atoms with Crippen LogP contribution in [0.1, 0.15) is 46.0 Å². The lowest BCUT2D eigenvalue weighted by Crippen LogP contribution is -2.25. The molecule has 0 aliphatic heterocycles. The summed E-state index contributed by atoms with van der Waals surface area (Å²) in [5, 5.41) is 0. The van der Waals surface area contributed by atoms with Gasteiger partial charge in [0, 0.05) is 11.0 Å². The minimum absolute atomic E-state index is 0.0823. The Labute approximate surface area is 97.9 Å². The summed E-state index contributed by atoms with van der Waals surface area (Å²) < 4.78 is 0. The largest absolute Gasteiger partial charge is 0.290 e. The number of hydrogen-bond donors (Lipinski definition) is 0. The molecule has 0 saturated heterocycles. The van der Waals surface area contributed by atoms with Crippen LogP contribution in [0.3, 0.4) is 0 Å². The molecule has 0 heterocycles. The van der Waals surface area contributed by atoms with E-state index in [1.807, 2.05) is 13.0 Å². The first-order chi connectivity index (χ1) is 7.69. The first kappa shape index (κ1) is 11.4. The summed E-state index contributed by atoms with van der Waals surface area (Å²) in [7, 11) is 0. The molecule has 2 rings (SSSR count). The fourth-order valence-corrected chi connectivity index (χ4v) is 3.18. The van der Waals surface area contributed by atoms with Gasteiger partial charge >= 0.3 is 0 Å². The SMILES string of the molecule is CC=CC(=O)C1=C(C)CC=CC12CCCC2. The molecule has 0 aromatic carbocycles. The molecule has 0 aromatic rings. The summed E-state index contributed by atoms with van der Waals surface area (Å²) in [6, 6.07) is 0. The van der Waals surface area contributed by atoms with Gasteiger partial charge < -0.3 is 0 Å². The van der Waals surface area contributed by atoms with E-state index in [9.17, 15) is 4.79 Å². The molecular formula is C15H20O. The van der Waals surface area contributed by atoms with Crippen molar-refractivity contribution in [1.29, 1.82) is 0 Å². The first-order valence-corrected chi connectivity index (χ1v) is 6.24. The number of carbonyl (C=O) groups excluding carboxylic acids is 1. The highest BCUT2D eigenvalue weighted by molar-refractivity contribution is 6.06. The third-order valence-corrected chi connectivity index (χ3v) is 3.85. The lowest BCUT2D eigenvalue weighted by molar-refractivity contribution is -0.112. The lowest BCUT2D eigenvalue weighted by atomic mass is 9.71. The highest BCUT2D eigenvalue weighted by Crippen LogP contribution is 2.49. The summed E-state index contributed by atoms with van der Waals surface area (Å²) in [6.07, 6.45) is 13.9. The van der Waals surface area contributed by atoms with Gasteiger partial charge in [0.2, 0.25) is 0 Å². The van der Waals surface area contributed by atoms with Crippen LogP contribution >= 0.6 is 0 Å². The molecule has 1 spiro atoms. The number of allylic oxidation sites excluding steroid dienone is 6. The van der Waals surface area contributed by atoms with Crippen molar-refractivity contribution in [2.75, 3.05) is 0 Å². The average molecular weight is 216 g/mol. The summed E-state index contributed by atoms with van der Waals surface area (Å²) >= 11 is 0. The van der Waals surface area contributed by atoms with Gasteiger partial charge in [0.1, 0.15) is 0 Å². The number of hydrogen-bond acceptors (Lipinski definition) is 1. The van der Waals surface area contributed by atoms with Gasteiger partial charge in [-0.3, -0.25) is 4.79 Å². The van der Waals surface area contributed by atoms with Crippen molar-refractivity contribution < 1.29 is 4.79 Å². The Kier molecular flexibility index (Phi) is 3.13. The van der Waals surface area contributed by atoms with Crippen LogP contribution in [0.15, 0.2) is 35.5 Å². The number of ketones is 1. The fourth-order valence-electron chi connectivity index (χ4n) is 3.18. The quantitative estimate of drug-likeness (QED) is 0.504. The van der Waals surface area contributed by atoms with E-state index in [4.69, 9.17) is 0 Å². The molecule has 1 saturated carbocycles. The maximum absolute atomic E-state index is 12.2. The minimum atomic E-state index is 0.0823. The molecule has 1 nitrogen and oxygen atoms in total. The summed E-state index contributed by atoms with van der Waals surface area (Å²) in [5.74, 6) is 0.228. The van der Waals surface area contributed by atoms with Gasteiger partial charge in [-0.05, 0) is 39.2 Å². The minimum Gasteiger partial charge on any atom is -0.290 e. The van der Waals surface area contributed by atoms with Crippen molar-refractivity contribution in [2.24, 2.45) is 5.41 Å². The molecule has 0 amide bonds. The molecule has 0 bridgehead atoms. The molecular weight excluding hydrogens is 196 g/mol. The maximum Gasteiger partial charge on any atom is 0.182 e. The van der Waals surface area contributed by atoms with Crippen molar-refractivity contribution in [2.45, 2.75) is 46.0 Å². The highest BCUT2D eigenvalue weighted by Gasteiger charge is 2.39. The van der Waals surface area contributed by atoms with Crippen molar-refractivity contribution in [1.82, 2.24) is 0 Å². The first-order valence-electron chi connectivity index (χ1n) is 6.24. The second-order valence-electron chi connectivity index (χ2n) is 4.99. The van der Waals surface area contributed by atoms with Gasteiger partial charge in [0.15, 0.2) is 5.78 Å². The van der Waals surface area contributed by atoms with Crippen LogP contribution in [0.25, 0.3) is 0 Å². The van der Waals surface area contributed by atoms with E-state index in [2.05, 4.69) is 19.1 Å². The zero-order valence-corrected chi connectivity index (χ0v) is 10.3. The molecule has 1 fully saturated rings. The van der Waals surface area contributed by atoms with E-state index in [1.165, 1.54) is 18.4 Å². The molecule has 1 heteroatoms. The van der Waals surface area contributed by atoms with Crippen molar-refractivity contribution in [3.63, 3.8) is 0 Å². The Morgan fingerprint density at radius 1 is 1.38 bits per heavy atom. The smallest absolute Gasteiger partial charge is 0.182 e. The van der Waals surface area contributed by atoms with Crippen LogP contribution in [0, 0.1) is 5.41 Å². The van der Waals surface area contributed by atoms with Crippen molar-refractivity contribution in [3.8, 4) is 0 Å². The van der Waals surface area contributed by atoms with Gasteiger partial charge in [-0.15, -0.1) is 0 Å². The number of carbonyl (C=O) groups is 1. The topological polar surface area (TPSA) is 17.1 Å². The predicted molar refractivity (Wildman–Crippen MR) is 67.2 cm³/mol. The van der Waals surface area contributed by atoms with Crippen LogP contribution in [0.4, 0.5) is 0 Å². The average Bonchev–Trinajstić information content (AvgIpc) is 2.67. The Hall–Kier alpha value is -1.11. The fraction of sp³-hybridized carbons (Fsp3) is 0.533. The summed E-state index contributed by atoms with van der Waals surface area (Å²) in [5.41, 5.74) is 2.44. The third-order valence-electron chi connectivity index (χ3n) is 3.85. The van der Waals surface area contributed by atoms with Gasteiger partial charge in [-0.2, -0.15) is 0 Å². The van der Waals surface area contributed by atoms with E-state index in [0.717, 1.165) is 24.8 Å². The molecule has 0 radical (unpaired) electrons. The summed E-state index contributed by atoms with van der Waals surface area (Å²) in [4.78, 5) is 12.2. The number of rotatable bonds is 2. The van der Waals surface area contributed by atoms with Crippen LogP contribution in [0.5, 0.6) is 0 Å². The molecule has 0 aromatic heterocycles. The normalized spacial score (nSPS) is 23.6. The molecule has 2 aliphatic rings. The lowest BCUT2D eigenvalue weighted by Gasteiger charge is -2.32. The van der Waals surface area contributed by atoms with Crippen molar-refractivity contribution >= 4 is 5.78 Å². The second kappa shape index (κ2) is 4.40. The second-order valence-corrected chi connectivity index (χ2v) is 4.99. The van der Waals surface area contributed by atoms with Gasteiger partial charge in [-0.25, -0.2) is 0 Å². The van der Waals surface area contributed by atoms with E-state index < -0.39 is 0 Å². The van der Waals surface area contributed by atoms with Crippen LogP contribution in [0.2, 0.25) is 0 Å².